The largest absolute Gasteiger partial charge is 0.382 e. The van der Waals surface area contributed by atoms with E-state index < -0.39 is 0 Å². The number of nitrogens with two attached hydrogens (primary N) is 1. The molecule has 0 amide bonds. The molecule has 0 atom stereocenters. The quantitative estimate of drug-likeness (QED) is 0.913. The summed E-state index contributed by atoms with van der Waals surface area (Å²) in [6.45, 7) is 1.87. The highest BCUT2D eigenvalue weighted by atomic mass is 79.9. The first kappa shape index (κ1) is 12.4. The molecule has 0 bridgehead atoms. The lowest BCUT2D eigenvalue weighted by Gasteiger charge is -2.31. The van der Waals surface area contributed by atoms with Gasteiger partial charge in [0.15, 0.2) is 0 Å². The molecule has 3 heterocycles. The van der Waals surface area contributed by atoms with Crippen molar-refractivity contribution in [2.75, 3.05) is 23.7 Å². The van der Waals surface area contributed by atoms with E-state index in [0.29, 0.717) is 11.9 Å². The van der Waals surface area contributed by atoms with Crippen LogP contribution in [0.4, 0.5) is 11.8 Å². The van der Waals surface area contributed by atoms with Crippen LogP contribution in [0.5, 0.6) is 0 Å². The second kappa shape index (κ2) is 5.16. The summed E-state index contributed by atoms with van der Waals surface area (Å²) in [5.74, 6) is 1.38. The highest BCUT2D eigenvalue weighted by Gasteiger charge is 2.22. The van der Waals surface area contributed by atoms with Gasteiger partial charge in [-0.15, -0.1) is 0 Å². The minimum Gasteiger partial charge on any atom is -0.382 e. The molecule has 100 valence electrons. The fraction of sp³-hybridized carbons (Fsp3) is 0.417. The van der Waals surface area contributed by atoms with Crippen molar-refractivity contribution in [2.24, 2.45) is 0 Å². The third kappa shape index (κ3) is 2.70. The Kier molecular flexibility index (Phi) is 3.37. The molecule has 0 aromatic carbocycles. The van der Waals surface area contributed by atoms with E-state index >= 15 is 0 Å². The van der Waals surface area contributed by atoms with Crippen LogP contribution in [0.15, 0.2) is 29.1 Å². The van der Waals surface area contributed by atoms with E-state index in [1.54, 1.807) is 12.4 Å². The van der Waals surface area contributed by atoms with E-state index in [1.807, 2.05) is 16.9 Å². The van der Waals surface area contributed by atoms with Gasteiger partial charge in [0.05, 0.1) is 10.5 Å². The number of rotatable bonds is 2. The van der Waals surface area contributed by atoms with Crippen LogP contribution in [-0.2, 0) is 0 Å². The molecule has 1 saturated heterocycles. The van der Waals surface area contributed by atoms with Gasteiger partial charge in [-0.2, -0.15) is 5.10 Å². The summed E-state index contributed by atoms with van der Waals surface area (Å²) in [5.41, 5.74) is 5.65. The molecule has 2 aromatic rings. The molecule has 6 nitrogen and oxygen atoms in total. The third-order valence-electron chi connectivity index (χ3n) is 3.36. The van der Waals surface area contributed by atoms with Crippen molar-refractivity contribution < 1.29 is 0 Å². The fourth-order valence-corrected chi connectivity index (χ4v) is 2.56. The van der Waals surface area contributed by atoms with Crippen LogP contribution in [-0.4, -0.2) is 32.8 Å². The summed E-state index contributed by atoms with van der Waals surface area (Å²) in [5, 5.41) is 4.28. The van der Waals surface area contributed by atoms with Gasteiger partial charge in [0, 0.05) is 31.7 Å². The van der Waals surface area contributed by atoms with Gasteiger partial charge >= 0.3 is 0 Å². The minimum absolute atomic E-state index is 0.420. The number of anilines is 2. The number of nitrogen functional groups attached to an aromatic ring is 1. The van der Waals surface area contributed by atoms with Gasteiger partial charge in [0.25, 0.3) is 0 Å². The molecule has 3 rings (SSSR count). The van der Waals surface area contributed by atoms with E-state index in [1.165, 1.54) is 0 Å². The Labute approximate surface area is 119 Å². The molecular formula is C12H15BrN6. The van der Waals surface area contributed by atoms with Crippen molar-refractivity contribution in [2.45, 2.75) is 18.9 Å². The minimum atomic E-state index is 0.420. The lowest BCUT2D eigenvalue weighted by Crippen LogP contribution is -2.35. The molecule has 0 radical (unpaired) electrons. The average molecular weight is 323 g/mol. The number of halogens is 1. The molecule has 1 aliphatic heterocycles. The molecule has 2 N–H and O–H groups in total. The van der Waals surface area contributed by atoms with Crippen LogP contribution >= 0.6 is 15.9 Å². The highest BCUT2D eigenvalue weighted by Crippen LogP contribution is 2.24. The first-order valence-corrected chi connectivity index (χ1v) is 7.05. The SMILES string of the molecule is Nc1ccn(C2CCN(c3ncc(Br)cn3)CC2)n1. The highest BCUT2D eigenvalue weighted by molar-refractivity contribution is 9.10. The number of aromatic nitrogens is 4. The van der Waals surface area contributed by atoms with Gasteiger partial charge in [0.1, 0.15) is 5.82 Å². The maximum atomic E-state index is 5.65. The molecule has 0 unspecified atom stereocenters. The Morgan fingerprint density at radius 2 is 1.89 bits per heavy atom. The second-order valence-electron chi connectivity index (χ2n) is 4.64. The molecule has 19 heavy (non-hydrogen) atoms. The van der Waals surface area contributed by atoms with Crippen LogP contribution in [0, 0.1) is 0 Å². The van der Waals surface area contributed by atoms with Crippen LogP contribution < -0.4 is 10.6 Å². The smallest absolute Gasteiger partial charge is 0.225 e. The normalized spacial score (nSPS) is 16.8. The van der Waals surface area contributed by atoms with Crippen LogP contribution in [0.3, 0.4) is 0 Å². The van der Waals surface area contributed by atoms with E-state index in [4.69, 9.17) is 5.73 Å². The number of hydrogen-bond donors (Lipinski definition) is 1. The first-order valence-electron chi connectivity index (χ1n) is 6.25. The Morgan fingerprint density at radius 1 is 1.21 bits per heavy atom. The van der Waals surface area contributed by atoms with Gasteiger partial charge in [-0.3, -0.25) is 4.68 Å². The maximum absolute atomic E-state index is 5.65. The lowest BCUT2D eigenvalue weighted by molar-refractivity contribution is 0.365. The zero-order chi connectivity index (χ0) is 13.2. The Bertz CT molecular complexity index is 544. The van der Waals surface area contributed by atoms with Crippen molar-refractivity contribution in [3.05, 3.63) is 29.1 Å². The van der Waals surface area contributed by atoms with Crippen LogP contribution in [0.2, 0.25) is 0 Å². The van der Waals surface area contributed by atoms with Crippen molar-refractivity contribution in [1.29, 1.82) is 0 Å². The topological polar surface area (TPSA) is 72.9 Å². The van der Waals surface area contributed by atoms with Crippen molar-refractivity contribution >= 4 is 27.7 Å². The molecular weight excluding hydrogens is 308 g/mol. The molecule has 2 aromatic heterocycles. The van der Waals surface area contributed by atoms with Crippen molar-refractivity contribution in [3.63, 3.8) is 0 Å². The van der Waals surface area contributed by atoms with Crippen LogP contribution in [0.25, 0.3) is 0 Å². The van der Waals surface area contributed by atoms with E-state index in [2.05, 4.69) is 35.9 Å². The Hall–Kier alpha value is -1.63. The summed E-state index contributed by atoms with van der Waals surface area (Å²) in [6, 6.07) is 2.26. The Morgan fingerprint density at radius 3 is 2.47 bits per heavy atom. The van der Waals surface area contributed by atoms with Gasteiger partial charge < -0.3 is 10.6 Å². The predicted molar refractivity (Wildman–Crippen MR) is 76.9 cm³/mol. The van der Waals surface area contributed by atoms with Crippen molar-refractivity contribution in [3.8, 4) is 0 Å². The molecule has 0 saturated carbocycles. The monoisotopic (exact) mass is 322 g/mol. The fourth-order valence-electron chi connectivity index (χ4n) is 2.36. The summed E-state index contributed by atoms with van der Waals surface area (Å²) in [6.07, 6.45) is 7.57. The van der Waals surface area contributed by atoms with Gasteiger partial charge in [-0.05, 0) is 34.8 Å². The number of piperidine rings is 1. The van der Waals surface area contributed by atoms with Crippen LogP contribution in [0.1, 0.15) is 18.9 Å². The third-order valence-corrected chi connectivity index (χ3v) is 3.77. The Balaban J connectivity index is 1.64. The zero-order valence-electron chi connectivity index (χ0n) is 10.4. The first-order chi connectivity index (χ1) is 9.22. The van der Waals surface area contributed by atoms with E-state index in [-0.39, 0.29) is 0 Å². The lowest BCUT2D eigenvalue weighted by atomic mass is 10.1. The summed E-state index contributed by atoms with van der Waals surface area (Å²) < 4.78 is 2.87. The predicted octanol–water partition coefficient (Wildman–Crippen LogP) is 1.86. The second-order valence-corrected chi connectivity index (χ2v) is 5.56. The molecule has 0 spiro atoms. The average Bonchev–Trinajstić information content (AvgIpc) is 2.87. The summed E-state index contributed by atoms with van der Waals surface area (Å²) in [4.78, 5) is 10.9. The summed E-state index contributed by atoms with van der Waals surface area (Å²) >= 11 is 3.34. The van der Waals surface area contributed by atoms with Crippen molar-refractivity contribution in [1.82, 2.24) is 19.7 Å². The maximum Gasteiger partial charge on any atom is 0.225 e. The van der Waals surface area contributed by atoms with E-state index in [9.17, 15) is 0 Å². The van der Waals surface area contributed by atoms with Gasteiger partial charge in [-0.25, -0.2) is 9.97 Å². The van der Waals surface area contributed by atoms with Gasteiger partial charge in [-0.1, -0.05) is 0 Å². The zero-order valence-corrected chi connectivity index (χ0v) is 12.0. The summed E-state index contributed by atoms with van der Waals surface area (Å²) in [7, 11) is 0. The van der Waals surface area contributed by atoms with E-state index in [0.717, 1.165) is 36.4 Å². The number of hydrogen-bond acceptors (Lipinski definition) is 5. The molecule has 1 fully saturated rings. The standard InChI is InChI=1S/C12H15BrN6/c13-9-7-15-12(16-8-9)18-4-1-10(2-5-18)19-6-3-11(14)17-19/h3,6-8,10H,1-2,4-5H2,(H2,14,17). The number of nitrogens with zero attached hydrogens (tertiary/aromatic N) is 5. The molecule has 7 heteroatoms. The molecule has 0 aliphatic carbocycles. The molecule has 1 aliphatic rings. The van der Waals surface area contributed by atoms with Gasteiger partial charge in [0.2, 0.25) is 5.95 Å².